The van der Waals surface area contributed by atoms with Crippen LogP contribution in [0.3, 0.4) is 0 Å². The van der Waals surface area contributed by atoms with E-state index in [1.54, 1.807) is 31.3 Å². The van der Waals surface area contributed by atoms with Crippen molar-refractivity contribution in [2.45, 2.75) is 45.6 Å². The smallest absolute Gasteiger partial charge is 0.410 e. The van der Waals surface area contributed by atoms with E-state index in [-0.39, 0.29) is 23.4 Å². The topological polar surface area (TPSA) is 60.8 Å². The molecule has 0 N–H and O–H groups in total. The highest BCUT2D eigenvalue weighted by Gasteiger charge is 2.28. The summed E-state index contributed by atoms with van der Waals surface area (Å²) in [7, 11) is 3.25. The molecule has 0 radical (unpaired) electrons. The Balaban J connectivity index is 1.57. The summed E-state index contributed by atoms with van der Waals surface area (Å²) < 4.78 is 28.1. The number of aryl methyl sites for hydroxylation is 1. The van der Waals surface area contributed by atoms with Gasteiger partial charge in [-0.2, -0.15) is 0 Å². The molecular weight excluding hydrogens is 447 g/mol. The van der Waals surface area contributed by atoms with Crippen LogP contribution in [0.5, 0.6) is 5.75 Å². The van der Waals surface area contributed by atoms with Crippen LogP contribution in [0, 0.1) is 11.7 Å². The molecule has 0 bridgehead atoms. The molecule has 186 valence electrons. The van der Waals surface area contributed by atoms with Gasteiger partial charge in [-0.1, -0.05) is 18.2 Å². The number of aromatic nitrogens is 1. The van der Waals surface area contributed by atoms with Gasteiger partial charge in [0.1, 0.15) is 17.2 Å². The van der Waals surface area contributed by atoms with Gasteiger partial charge in [0.2, 0.25) is 0 Å². The molecule has 1 fully saturated rings. The first-order valence-corrected chi connectivity index (χ1v) is 12.0. The summed E-state index contributed by atoms with van der Waals surface area (Å²) in [5.41, 5.74) is 1.36. The highest BCUT2D eigenvalue weighted by atomic mass is 19.1. The summed E-state index contributed by atoms with van der Waals surface area (Å²) in [5, 5.41) is 1.37. The molecule has 7 heteroatoms. The van der Waals surface area contributed by atoms with Gasteiger partial charge in [0.05, 0.1) is 7.11 Å². The Morgan fingerprint density at radius 3 is 2.40 bits per heavy atom. The molecule has 3 aromatic rings. The number of ether oxygens (including phenoxy) is 2. The van der Waals surface area contributed by atoms with E-state index in [4.69, 9.17) is 9.47 Å². The van der Waals surface area contributed by atoms with Gasteiger partial charge in [0.25, 0.3) is 5.56 Å². The largest absolute Gasteiger partial charge is 0.496 e. The van der Waals surface area contributed by atoms with Gasteiger partial charge in [-0.05, 0) is 75.1 Å². The van der Waals surface area contributed by atoms with Crippen LogP contribution in [0.1, 0.15) is 39.2 Å². The molecule has 0 atom stereocenters. The number of hydrogen-bond acceptors (Lipinski definition) is 4. The average molecular weight is 481 g/mol. The van der Waals surface area contributed by atoms with Crippen molar-refractivity contribution in [1.29, 1.82) is 0 Å². The average Bonchev–Trinajstić information content (AvgIpc) is 2.82. The van der Waals surface area contributed by atoms with Crippen LogP contribution in [0.2, 0.25) is 0 Å². The van der Waals surface area contributed by atoms with Gasteiger partial charge in [0, 0.05) is 42.8 Å². The van der Waals surface area contributed by atoms with Gasteiger partial charge < -0.3 is 18.9 Å². The number of carbonyl (C=O) groups excluding carboxylic acids is 1. The van der Waals surface area contributed by atoms with Crippen LogP contribution in [-0.4, -0.2) is 41.4 Å². The normalized spacial score (nSPS) is 14.9. The molecule has 2 heterocycles. The number of pyridine rings is 1. The molecule has 1 aromatic heterocycles. The number of methoxy groups -OCH3 is 1. The Kier molecular flexibility index (Phi) is 6.88. The monoisotopic (exact) mass is 480 g/mol. The molecule has 1 amide bonds. The van der Waals surface area contributed by atoms with Crippen molar-refractivity contribution in [3.8, 4) is 16.9 Å². The first kappa shape index (κ1) is 24.8. The third kappa shape index (κ3) is 5.34. The number of hydrogen-bond donors (Lipinski definition) is 0. The highest BCUT2D eigenvalue weighted by molar-refractivity contribution is 5.96. The minimum absolute atomic E-state index is 0.0915. The number of rotatable bonds is 4. The van der Waals surface area contributed by atoms with E-state index >= 15 is 4.39 Å². The lowest BCUT2D eigenvalue weighted by molar-refractivity contribution is 0.0183. The molecule has 1 aliphatic heterocycles. The molecule has 0 unspecified atom stereocenters. The van der Waals surface area contributed by atoms with Crippen LogP contribution >= 0.6 is 0 Å². The molecule has 1 aliphatic rings. The fourth-order valence-corrected chi connectivity index (χ4v) is 4.73. The Labute approximate surface area is 205 Å². The second-order valence-electron chi connectivity index (χ2n) is 10.3. The van der Waals surface area contributed by atoms with Crippen molar-refractivity contribution in [1.82, 2.24) is 9.47 Å². The SMILES string of the molecule is COc1cc(-c2cn(C)c(=O)c3ccccc23)cc(F)c1CC1CCN(C(=O)OC(C)(C)C)CC1. The van der Waals surface area contributed by atoms with Crippen molar-refractivity contribution >= 4 is 16.9 Å². The number of fused-ring (bicyclic) bond motifs is 1. The maximum atomic E-state index is 15.5. The lowest BCUT2D eigenvalue weighted by atomic mass is 9.88. The maximum Gasteiger partial charge on any atom is 0.410 e. The predicted molar refractivity (Wildman–Crippen MR) is 135 cm³/mol. The molecule has 1 saturated heterocycles. The van der Waals surface area contributed by atoms with Crippen molar-refractivity contribution < 1.29 is 18.7 Å². The second-order valence-corrected chi connectivity index (χ2v) is 10.3. The van der Waals surface area contributed by atoms with Crippen LogP contribution < -0.4 is 10.3 Å². The third-order valence-electron chi connectivity index (χ3n) is 6.54. The van der Waals surface area contributed by atoms with Crippen molar-refractivity contribution in [2.24, 2.45) is 13.0 Å². The Morgan fingerprint density at radius 1 is 1.11 bits per heavy atom. The van der Waals surface area contributed by atoms with Crippen molar-refractivity contribution in [3.05, 3.63) is 64.3 Å². The van der Waals surface area contributed by atoms with Crippen molar-refractivity contribution in [2.75, 3.05) is 20.2 Å². The van der Waals surface area contributed by atoms with Gasteiger partial charge in [-0.15, -0.1) is 0 Å². The van der Waals surface area contributed by atoms with Crippen LogP contribution in [-0.2, 0) is 18.2 Å². The van der Waals surface area contributed by atoms with E-state index in [0.717, 1.165) is 23.8 Å². The molecule has 0 aliphatic carbocycles. The molecule has 35 heavy (non-hydrogen) atoms. The van der Waals surface area contributed by atoms with Crippen LogP contribution in [0.25, 0.3) is 21.9 Å². The zero-order chi connectivity index (χ0) is 25.3. The number of likely N-dealkylation sites (tertiary alicyclic amines) is 1. The summed E-state index contributed by atoms with van der Waals surface area (Å²) in [6.07, 6.45) is 3.52. The summed E-state index contributed by atoms with van der Waals surface area (Å²) in [6.45, 7) is 6.74. The van der Waals surface area contributed by atoms with E-state index in [0.29, 0.717) is 41.8 Å². The van der Waals surface area contributed by atoms with Gasteiger partial charge in [-0.3, -0.25) is 4.79 Å². The van der Waals surface area contributed by atoms with E-state index < -0.39 is 5.60 Å². The molecule has 4 rings (SSSR count). The van der Waals surface area contributed by atoms with E-state index in [2.05, 4.69) is 0 Å². The zero-order valence-corrected chi connectivity index (χ0v) is 21.1. The van der Waals surface area contributed by atoms with Gasteiger partial charge in [-0.25, -0.2) is 9.18 Å². The summed E-state index contributed by atoms with van der Waals surface area (Å²) in [4.78, 5) is 26.6. The molecule has 6 nitrogen and oxygen atoms in total. The first-order valence-electron chi connectivity index (χ1n) is 12.0. The Hall–Kier alpha value is -3.35. The van der Waals surface area contributed by atoms with Crippen LogP contribution in [0.4, 0.5) is 9.18 Å². The molecule has 0 spiro atoms. The molecule has 0 saturated carbocycles. The zero-order valence-electron chi connectivity index (χ0n) is 21.1. The van der Waals surface area contributed by atoms with E-state index in [1.807, 2.05) is 45.0 Å². The molecule has 2 aromatic carbocycles. The quantitative estimate of drug-likeness (QED) is 0.492. The number of benzene rings is 2. The molecular formula is C28H33FN2O4. The van der Waals surface area contributed by atoms with Gasteiger partial charge in [0.15, 0.2) is 0 Å². The number of halogens is 1. The minimum Gasteiger partial charge on any atom is -0.496 e. The lowest BCUT2D eigenvalue weighted by Gasteiger charge is -2.33. The van der Waals surface area contributed by atoms with E-state index in [9.17, 15) is 9.59 Å². The summed E-state index contributed by atoms with van der Waals surface area (Å²) >= 11 is 0. The summed E-state index contributed by atoms with van der Waals surface area (Å²) in [5.74, 6) is 0.403. The minimum atomic E-state index is -0.525. The number of carbonyl (C=O) groups is 1. The number of nitrogens with zero attached hydrogens (tertiary/aromatic N) is 2. The van der Waals surface area contributed by atoms with E-state index in [1.165, 1.54) is 10.6 Å². The maximum absolute atomic E-state index is 15.5. The Morgan fingerprint density at radius 2 is 1.77 bits per heavy atom. The van der Waals surface area contributed by atoms with Crippen LogP contribution in [0.15, 0.2) is 47.4 Å². The number of piperidine rings is 1. The first-order chi connectivity index (χ1) is 16.6. The second kappa shape index (κ2) is 9.72. The fraction of sp³-hybridized carbons (Fsp3) is 0.429. The Bertz CT molecular complexity index is 1300. The van der Waals surface area contributed by atoms with Gasteiger partial charge >= 0.3 is 6.09 Å². The highest BCUT2D eigenvalue weighted by Crippen LogP contribution is 2.35. The predicted octanol–water partition coefficient (Wildman–Crippen LogP) is 5.54. The fourth-order valence-electron chi connectivity index (χ4n) is 4.73. The number of amides is 1. The standard InChI is InChI=1S/C28H33FN2O4/c1-28(2,3)35-27(33)31-12-10-18(11-13-31)14-22-24(29)15-19(16-25(22)34-5)23-17-30(4)26(32)21-9-7-6-8-20(21)23/h6-9,15-18H,10-14H2,1-5H3. The summed E-state index contributed by atoms with van der Waals surface area (Å²) in [6, 6.07) is 10.7. The lowest BCUT2D eigenvalue weighted by Crippen LogP contribution is -2.42. The van der Waals surface area contributed by atoms with Crippen molar-refractivity contribution in [3.63, 3.8) is 0 Å². The third-order valence-corrected chi connectivity index (χ3v) is 6.54.